The van der Waals surface area contributed by atoms with Gasteiger partial charge in [-0.25, -0.2) is 4.52 Å². The van der Waals surface area contributed by atoms with Gasteiger partial charge in [-0.3, -0.25) is 10.1 Å². The van der Waals surface area contributed by atoms with Gasteiger partial charge in [0.25, 0.3) is 11.9 Å². The molecular weight excluding hydrogens is 459 g/mol. The molecule has 0 aliphatic carbocycles. The van der Waals surface area contributed by atoms with E-state index in [2.05, 4.69) is 31.3 Å². The molecule has 5 nitrogen and oxygen atoms in total. The Morgan fingerprint density at radius 2 is 2.00 bits per heavy atom. The number of halogens is 3. The molecular formula is C17H9BrCl2N4OS. The zero-order chi connectivity index (χ0) is 18.3. The van der Waals surface area contributed by atoms with Crippen molar-refractivity contribution in [1.29, 1.82) is 0 Å². The molecule has 26 heavy (non-hydrogen) atoms. The second-order valence-electron chi connectivity index (χ2n) is 5.31. The van der Waals surface area contributed by atoms with Crippen molar-refractivity contribution >= 4 is 67.3 Å². The first-order valence-electron chi connectivity index (χ1n) is 7.38. The highest BCUT2D eigenvalue weighted by Crippen LogP contribution is 2.33. The number of benzene rings is 2. The largest absolute Gasteiger partial charge is 0.289 e. The van der Waals surface area contributed by atoms with Gasteiger partial charge in [0.2, 0.25) is 4.96 Å². The van der Waals surface area contributed by atoms with Crippen LogP contribution in [0.4, 0.5) is 5.95 Å². The molecule has 4 rings (SSSR count). The summed E-state index contributed by atoms with van der Waals surface area (Å²) < 4.78 is 2.35. The number of aromatic nitrogens is 3. The van der Waals surface area contributed by atoms with Crippen LogP contribution in [0.25, 0.3) is 16.2 Å². The third-order valence-corrected chi connectivity index (χ3v) is 5.69. The van der Waals surface area contributed by atoms with Gasteiger partial charge in [-0.05, 0) is 46.3 Å². The van der Waals surface area contributed by atoms with E-state index in [-0.39, 0.29) is 11.9 Å². The van der Waals surface area contributed by atoms with Crippen LogP contribution in [0.1, 0.15) is 10.4 Å². The predicted octanol–water partition coefficient (Wildman–Crippen LogP) is 5.78. The smallest absolute Gasteiger partial charge is 0.259 e. The molecule has 0 atom stereocenters. The number of thiazole rings is 1. The zero-order valence-corrected chi connectivity index (χ0v) is 16.8. The molecule has 0 bridgehead atoms. The summed E-state index contributed by atoms with van der Waals surface area (Å²) in [5.41, 5.74) is 2.07. The minimum Gasteiger partial charge on any atom is -0.289 e. The average molecular weight is 468 g/mol. The van der Waals surface area contributed by atoms with E-state index in [1.165, 1.54) is 11.3 Å². The van der Waals surface area contributed by atoms with Crippen LogP contribution in [0.2, 0.25) is 10.0 Å². The fourth-order valence-electron chi connectivity index (χ4n) is 2.43. The molecule has 0 saturated heterocycles. The molecule has 0 radical (unpaired) electrons. The van der Waals surface area contributed by atoms with E-state index >= 15 is 0 Å². The van der Waals surface area contributed by atoms with Crippen LogP contribution in [0, 0.1) is 0 Å². The third kappa shape index (κ3) is 3.23. The third-order valence-electron chi connectivity index (χ3n) is 3.63. The first kappa shape index (κ1) is 17.5. The number of hydrogen-bond donors (Lipinski definition) is 1. The van der Waals surface area contributed by atoms with E-state index in [1.807, 2.05) is 17.5 Å². The molecule has 0 unspecified atom stereocenters. The normalized spacial score (nSPS) is 11.0. The van der Waals surface area contributed by atoms with Crippen LogP contribution in [0.5, 0.6) is 0 Å². The molecule has 2 aromatic carbocycles. The quantitative estimate of drug-likeness (QED) is 0.415. The molecule has 2 heterocycles. The second kappa shape index (κ2) is 7.00. The van der Waals surface area contributed by atoms with Gasteiger partial charge in [-0.15, -0.1) is 16.4 Å². The molecule has 2 aromatic heterocycles. The molecule has 1 amide bonds. The molecule has 0 fully saturated rings. The van der Waals surface area contributed by atoms with Crippen molar-refractivity contribution in [2.75, 3.05) is 5.32 Å². The van der Waals surface area contributed by atoms with Crippen LogP contribution in [-0.4, -0.2) is 20.5 Å². The number of nitrogens with one attached hydrogen (secondary N) is 1. The Bertz CT molecular complexity index is 1140. The van der Waals surface area contributed by atoms with Gasteiger partial charge in [-0.1, -0.05) is 35.3 Å². The molecule has 0 spiro atoms. The van der Waals surface area contributed by atoms with Crippen molar-refractivity contribution in [3.8, 4) is 11.3 Å². The van der Waals surface area contributed by atoms with Crippen molar-refractivity contribution < 1.29 is 4.79 Å². The number of fused-ring (bicyclic) bond motifs is 1. The zero-order valence-electron chi connectivity index (χ0n) is 12.9. The molecule has 4 aromatic rings. The van der Waals surface area contributed by atoms with Gasteiger partial charge < -0.3 is 0 Å². The molecule has 0 aliphatic rings. The van der Waals surface area contributed by atoms with Crippen LogP contribution >= 0.6 is 50.5 Å². The van der Waals surface area contributed by atoms with Crippen molar-refractivity contribution in [3.63, 3.8) is 0 Å². The number of nitrogens with zero attached hydrogens (tertiary/aromatic N) is 3. The predicted molar refractivity (Wildman–Crippen MR) is 108 cm³/mol. The Hall–Kier alpha value is -1.93. The van der Waals surface area contributed by atoms with Gasteiger partial charge in [0.15, 0.2) is 0 Å². The Balaban J connectivity index is 1.68. The summed E-state index contributed by atoms with van der Waals surface area (Å²) in [5.74, 6) is -0.0641. The van der Waals surface area contributed by atoms with E-state index in [4.69, 9.17) is 23.2 Å². The highest BCUT2D eigenvalue weighted by molar-refractivity contribution is 9.10. The lowest BCUT2D eigenvalue weighted by Gasteiger charge is -2.04. The number of carbonyl (C=O) groups excluding carboxylic acids is 1. The average Bonchev–Trinajstić information content (AvgIpc) is 3.16. The monoisotopic (exact) mass is 466 g/mol. The molecule has 9 heteroatoms. The lowest BCUT2D eigenvalue weighted by molar-refractivity contribution is 0.102. The first-order chi connectivity index (χ1) is 12.5. The minimum atomic E-state index is -0.290. The summed E-state index contributed by atoms with van der Waals surface area (Å²) in [7, 11) is 0. The number of amides is 1. The van der Waals surface area contributed by atoms with Gasteiger partial charge in [0.1, 0.15) is 0 Å². The Morgan fingerprint density at radius 3 is 2.77 bits per heavy atom. The molecule has 0 saturated carbocycles. The van der Waals surface area contributed by atoms with Gasteiger partial charge in [0.05, 0.1) is 16.3 Å². The maximum Gasteiger partial charge on any atom is 0.259 e. The highest BCUT2D eigenvalue weighted by Gasteiger charge is 2.16. The molecule has 130 valence electrons. The molecule has 0 aliphatic heterocycles. The summed E-state index contributed by atoms with van der Waals surface area (Å²) in [6.07, 6.45) is 0. The fourth-order valence-corrected chi connectivity index (χ4v) is 4.22. The van der Waals surface area contributed by atoms with Crippen LogP contribution < -0.4 is 5.32 Å². The Labute approximate surface area is 170 Å². The van der Waals surface area contributed by atoms with Gasteiger partial charge >= 0.3 is 0 Å². The van der Waals surface area contributed by atoms with Crippen LogP contribution in [-0.2, 0) is 0 Å². The van der Waals surface area contributed by atoms with E-state index in [1.54, 1.807) is 34.8 Å². The molecule has 1 N–H and O–H groups in total. The summed E-state index contributed by atoms with van der Waals surface area (Å²) in [4.78, 5) is 17.4. The van der Waals surface area contributed by atoms with Crippen molar-refractivity contribution in [2.24, 2.45) is 0 Å². The van der Waals surface area contributed by atoms with Crippen molar-refractivity contribution in [3.05, 3.63) is 67.9 Å². The lowest BCUT2D eigenvalue weighted by atomic mass is 10.2. The van der Waals surface area contributed by atoms with Gasteiger partial charge in [-0.2, -0.15) is 4.98 Å². The standard InChI is InChI=1S/C17H9BrCl2N4OS/c18-12-4-2-1-3-10(12)15(25)21-16-22-17-24(23-16)14(8-26-17)11-6-5-9(19)7-13(11)20/h1-8H,(H,21,23,25). The van der Waals surface area contributed by atoms with Gasteiger partial charge in [0, 0.05) is 20.4 Å². The van der Waals surface area contributed by atoms with Crippen LogP contribution in [0.3, 0.4) is 0 Å². The Kier molecular flexibility index (Phi) is 4.71. The maximum atomic E-state index is 12.4. The second-order valence-corrected chi connectivity index (χ2v) is 7.84. The van der Waals surface area contributed by atoms with E-state index < -0.39 is 0 Å². The number of rotatable bonds is 3. The van der Waals surface area contributed by atoms with E-state index in [0.29, 0.717) is 25.0 Å². The topological polar surface area (TPSA) is 59.3 Å². The van der Waals surface area contributed by atoms with Crippen molar-refractivity contribution in [2.45, 2.75) is 0 Å². The minimum absolute atomic E-state index is 0.226. The number of hydrogen-bond acceptors (Lipinski definition) is 4. The fraction of sp³-hybridized carbons (Fsp3) is 0. The number of carbonyl (C=O) groups is 1. The first-order valence-corrected chi connectivity index (χ1v) is 9.81. The SMILES string of the molecule is O=C(Nc1nc2scc(-c3ccc(Cl)cc3Cl)n2n1)c1ccccc1Br. The summed E-state index contributed by atoms with van der Waals surface area (Å²) in [5, 5.41) is 10.1. The number of anilines is 1. The van der Waals surface area contributed by atoms with Crippen molar-refractivity contribution in [1.82, 2.24) is 14.6 Å². The van der Waals surface area contributed by atoms with Crippen LogP contribution in [0.15, 0.2) is 52.3 Å². The maximum absolute atomic E-state index is 12.4. The summed E-state index contributed by atoms with van der Waals surface area (Å²) in [6.45, 7) is 0. The van der Waals surface area contributed by atoms with E-state index in [0.717, 1.165) is 11.3 Å². The highest BCUT2D eigenvalue weighted by atomic mass is 79.9. The summed E-state index contributed by atoms with van der Waals surface area (Å²) >= 11 is 17.0. The summed E-state index contributed by atoms with van der Waals surface area (Å²) in [6, 6.07) is 12.4. The van der Waals surface area contributed by atoms with E-state index in [9.17, 15) is 4.79 Å². The lowest BCUT2D eigenvalue weighted by Crippen LogP contribution is -2.13. The Morgan fingerprint density at radius 1 is 1.19 bits per heavy atom.